The van der Waals surface area contributed by atoms with E-state index in [1.54, 1.807) is 56.3 Å². The fourth-order valence-electron chi connectivity index (χ4n) is 12.1. The second-order valence-corrected chi connectivity index (χ2v) is 30.8. The summed E-state index contributed by atoms with van der Waals surface area (Å²) < 4.78 is 0. The van der Waals surface area contributed by atoms with Crippen LogP contribution in [0.2, 0.25) is 0 Å². The highest BCUT2D eigenvalue weighted by Gasteiger charge is 2.38. The number of carboxylic acid groups (broad SMARTS) is 1. The summed E-state index contributed by atoms with van der Waals surface area (Å²) >= 11 is 0. The number of aliphatic hydroxyl groups excluding tert-OH is 2. The Morgan fingerprint density at radius 2 is 0.760 bits per heavy atom. The summed E-state index contributed by atoms with van der Waals surface area (Å²) in [4.78, 5) is 254. The number of carbonyl (C=O) groups excluding carboxylic acids is 18. The topological polar surface area (TPSA) is 852 Å². The Bertz CT molecular complexity index is 4130. The van der Waals surface area contributed by atoms with E-state index >= 15 is 0 Å². The molecular weight excluding hydrogens is 1700 g/mol. The van der Waals surface area contributed by atoms with Crippen LogP contribution in [0.1, 0.15) is 143 Å². The standard InChI is InChI=1S/C79H129N27O23/c1-40(2)32-54(72(123)95-43(5)66(117)103-56(35-59(84)111)73(124)102-53(77(128)129)26-27-58(83)110)104-70(121)49(18-10-12-28-80)100-69(120)52(21-15-31-90-79(87)88)99-65(116)42(4)96-75(126)57(39-107)105-71(122)50(19-11-13-29-81)101-68(119)51(20-14-30-89-78(85)86)98-64(115)41(3)94-61(113)38-93-76(127)63(44(6)108)106-74(125)55(34-45-16-8-7-9-17-45)97-62(114)37-91-60(112)36-92-67(118)48(82)33-46-22-24-47(109)25-23-46/h7-9,16-17,22-25,40-44,48-57,63,107-109H,10-15,18-21,26-39,80-82H2,1-6H3,(H2,83,110)(H2,84,111)(H,91,112)(H,92,118)(H,93,127)(H,94,113)(H,95,123)(H,96,126)(H,97,114)(H,98,115)(H,99,116)(H,100,120)(H,101,119)(H,102,124)(H,103,117)(H,104,121)(H,105,122)(H,106,125)(H,128,129)(H4,85,86,89)(H4,87,88,90)/t41-,42-,43-,44+,48-,49-,50-,51-,52-,53-,54-,55-,56-,57-,63-/m0/s1. The van der Waals surface area contributed by atoms with Crippen molar-refractivity contribution in [2.45, 2.75) is 235 Å². The van der Waals surface area contributed by atoms with Crippen molar-refractivity contribution in [2.24, 2.45) is 46.1 Å². The van der Waals surface area contributed by atoms with Gasteiger partial charge >= 0.3 is 5.97 Å². The van der Waals surface area contributed by atoms with E-state index in [0.29, 0.717) is 24.0 Å². The second-order valence-electron chi connectivity index (χ2n) is 30.8. The predicted molar refractivity (Wildman–Crippen MR) is 463 cm³/mol. The molecular formula is C79H129N27O23. The zero-order valence-corrected chi connectivity index (χ0v) is 73.0. The first-order chi connectivity index (χ1) is 60.8. The van der Waals surface area contributed by atoms with Gasteiger partial charge in [-0.15, -0.1) is 0 Å². The Morgan fingerprint density at radius 1 is 0.372 bits per heavy atom. The number of amides is 18. The van der Waals surface area contributed by atoms with Gasteiger partial charge in [-0.3, -0.25) is 97.1 Å². The van der Waals surface area contributed by atoms with Gasteiger partial charge in [-0.05, 0) is 153 Å². The molecule has 0 heterocycles. The van der Waals surface area contributed by atoms with Crippen LogP contribution in [0.4, 0.5) is 0 Å². The molecule has 129 heavy (non-hydrogen) atoms. The van der Waals surface area contributed by atoms with Crippen LogP contribution in [-0.2, 0) is 104 Å². The molecule has 50 heteroatoms. The van der Waals surface area contributed by atoms with Gasteiger partial charge in [0.1, 0.15) is 84.3 Å². The molecule has 2 aromatic rings. The summed E-state index contributed by atoms with van der Waals surface area (Å²) in [7, 11) is 0. The van der Waals surface area contributed by atoms with E-state index in [1.165, 1.54) is 32.9 Å². The van der Waals surface area contributed by atoms with Crippen molar-refractivity contribution in [1.29, 1.82) is 10.8 Å². The molecule has 0 aliphatic rings. The number of aliphatic hydroxyl groups is 2. The number of unbranched alkanes of at least 4 members (excludes halogenated alkanes) is 2. The number of phenols is 1. The van der Waals surface area contributed by atoms with Gasteiger partial charge in [0.05, 0.1) is 44.8 Å². The van der Waals surface area contributed by atoms with Gasteiger partial charge < -0.3 is 156 Å². The van der Waals surface area contributed by atoms with E-state index in [0.717, 1.165) is 6.92 Å². The molecule has 0 radical (unpaired) electrons. The predicted octanol–water partition coefficient (Wildman–Crippen LogP) is -11.4. The van der Waals surface area contributed by atoms with Crippen molar-refractivity contribution in [3.05, 3.63) is 65.7 Å². The first-order valence-corrected chi connectivity index (χ1v) is 41.8. The number of phenolic OH excluding ortho intramolecular Hbond substituents is 1. The fourth-order valence-corrected chi connectivity index (χ4v) is 12.1. The molecule has 0 aliphatic heterocycles. The fraction of sp³-hybridized carbons (Fsp3) is 0.582. The summed E-state index contributed by atoms with van der Waals surface area (Å²) in [6.07, 6.45) is -3.17. The molecule has 0 saturated heterocycles. The minimum absolute atomic E-state index is 0.00921. The summed E-state index contributed by atoms with van der Waals surface area (Å²) in [5, 5.41) is 99.0. The Labute approximate surface area is 744 Å². The highest BCUT2D eigenvalue weighted by Crippen LogP contribution is 2.15. The van der Waals surface area contributed by atoms with Crippen molar-refractivity contribution in [3.63, 3.8) is 0 Å². The maximum absolute atomic E-state index is 14.4. The maximum atomic E-state index is 14.4. The number of nitrogens with one attached hydrogen (secondary N) is 20. The number of hydrogen-bond acceptors (Lipinski definition) is 27. The third-order valence-electron chi connectivity index (χ3n) is 19.2. The van der Waals surface area contributed by atoms with E-state index in [9.17, 15) is 112 Å². The van der Waals surface area contributed by atoms with Crippen LogP contribution >= 0.6 is 0 Å². The molecule has 2 rings (SSSR count). The van der Waals surface area contributed by atoms with Crippen LogP contribution in [0.5, 0.6) is 5.75 Å². The SMILES string of the molecule is CC(C)C[C@H](NC(=O)[C@H](CCCCN)NC(=O)[C@H](CCCNC(=N)N)NC(=O)[C@H](C)NC(=O)[C@H](CO)NC(=O)[C@H](CCCCN)NC(=O)[C@H](CCCNC(=N)N)NC(=O)[C@H](C)NC(=O)CNC(=O)[C@@H](NC(=O)[C@H](Cc1ccccc1)NC(=O)CNC(=O)CNC(=O)[C@@H](N)Cc1ccc(O)cc1)[C@@H](C)O)C(=O)N[C@@H](C)C(=O)N[C@@H](CC(N)=O)C(=O)N[C@@H](CCC(N)=O)C(=O)O. The highest BCUT2D eigenvalue weighted by atomic mass is 16.4. The lowest BCUT2D eigenvalue weighted by Crippen LogP contribution is -2.61. The molecule has 50 nitrogen and oxygen atoms in total. The quantitative estimate of drug-likeness (QED) is 0.0166. The van der Waals surface area contributed by atoms with Crippen LogP contribution in [0.3, 0.4) is 0 Å². The van der Waals surface area contributed by atoms with Crippen molar-refractivity contribution in [1.82, 2.24) is 95.7 Å². The summed E-state index contributed by atoms with van der Waals surface area (Å²) in [5.41, 5.74) is 40.1. The lowest BCUT2D eigenvalue weighted by molar-refractivity contribution is -0.143. The van der Waals surface area contributed by atoms with Crippen molar-refractivity contribution >= 4 is 124 Å². The van der Waals surface area contributed by atoms with Crippen LogP contribution in [0, 0.1) is 16.7 Å². The summed E-state index contributed by atoms with van der Waals surface area (Å²) in [6, 6.07) is -7.46. The molecule has 0 aromatic heterocycles. The Morgan fingerprint density at radius 3 is 1.21 bits per heavy atom. The number of benzene rings is 2. The Balaban J connectivity index is 2.30. The van der Waals surface area contributed by atoms with Gasteiger partial charge in [0.15, 0.2) is 11.9 Å². The van der Waals surface area contributed by atoms with Crippen LogP contribution in [-0.4, -0.2) is 288 Å². The van der Waals surface area contributed by atoms with Crippen molar-refractivity contribution < 1.29 is 112 Å². The first-order valence-electron chi connectivity index (χ1n) is 41.8. The summed E-state index contributed by atoms with van der Waals surface area (Å²) in [6.45, 7) is 5.06. The molecule has 0 aliphatic carbocycles. The monoisotopic (exact) mass is 1820 g/mol. The molecule has 0 fully saturated rings. The number of aliphatic carboxylic acids is 1. The third kappa shape index (κ3) is 45.5. The van der Waals surface area contributed by atoms with E-state index in [2.05, 4.69) is 95.7 Å². The number of hydrogen-bond donors (Lipinski definition) is 31. The molecule has 38 N–H and O–H groups in total. The lowest BCUT2D eigenvalue weighted by Gasteiger charge is -2.28. The largest absolute Gasteiger partial charge is 0.508 e. The van der Waals surface area contributed by atoms with Crippen LogP contribution < -0.4 is 136 Å². The highest BCUT2D eigenvalue weighted by molar-refractivity contribution is 6.01. The number of rotatable bonds is 62. The molecule has 0 saturated carbocycles. The van der Waals surface area contributed by atoms with Gasteiger partial charge in [-0.2, -0.15) is 0 Å². The van der Waals surface area contributed by atoms with Gasteiger partial charge in [-0.1, -0.05) is 56.3 Å². The minimum Gasteiger partial charge on any atom is -0.508 e. The van der Waals surface area contributed by atoms with E-state index < -0.39 is 260 Å². The first kappa shape index (κ1) is 112. The molecule has 15 atom stereocenters. The molecule has 718 valence electrons. The van der Waals surface area contributed by atoms with Crippen molar-refractivity contribution in [3.8, 4) is 5.75 Å². The normalized spacial score (nSPS) is 14.4. The van der Waals surface area contributed by atoms with Crippen LogP contribution in [0.15, 0.2) is 54.6 Å². The van der Waals surface area contributed by atoms with Gasteiger partial charge in [-0.25, -0.2) is 4.79 Å². The van der Waals surface area contributed by atoms with E-state index in [4.69, 9.17) is 51.0 Å². The number of carbonyl (C=O) groups is 19. The molecule has 18 amide bonds. The average molecular weight is 1830 g/mol. The Hall–Kier alpha value is -13.5. The average Bonchev–Trinajstić information content (AvgIpc) is 0.857. The molecule has 2 aromatic carbocycles. The smallest absolute Gasteiger partial charge is 0.326 e. The maximum Gasteiger partial charge on any atom is 0.326 e. The number of nitrogens with two attached hydrogens (primary N) is 7. The zero-order chi connectivity index (χ0) is 97.2. The molecule has 0 bridgehead atoms. The zero-order valence-electron chi connectivity index (χ0n) is 73.0. The van der Waals surface area contributed by atoms with Crippen LogP contribution in [0.25, 0.3) is 0 Å². The number of aromatic hydroxyl groups is 1. The number of guanidine groups is 2. The molecule has 0 unspecified atom stereocenters. The van der Waals surface area contributed by atoms with E-state index in [-0.39, 0.29) is 108 Å². The number of carboxylic acids is 1. The third-order valence-corrected chi connectivity index (χ3v) is 19.2. The van der Waals surface area contributed by atoms with Gasteiger partial charge in [0, 0.05) is 25.9 Å². The summed E-state index contributed by atoms with van der Waals surface area (Å²) in [5.74, 6) is -20.6. The van der Waals surface area contributed by atoms with E-state index in [1.807, 2.05) is 0 Å². The van der Waals surface area contributed by atoms with Gasteiger partial charge in [0.2, 0.25) is 106 Å². The second kappa shape index (κ2) is 59.5. The Kier molecular flexibility index (Phi) is 51.4. The minimum atomic E-state index is -1.85. The lowest BCUT2D eigenvalue weighted by atomic mass is 10.0. The van der Waals surface area contributed by atoms with Gasteiger partial charge in [0.25, 0.3) is 0 Å². The molecule has 0 spiro atoms. The van der Waals surface area contributed by atoms with Crippen molar-refractivity contribution in [2.75, 3.05) is 52.4 Å². The number of primary amides is 2.